The Labute approximate surface area is 138 Å². The van der Waals surface area contributed by atoms with Crippen molar-refractivity contribution in [2.75, 3.05) is 0 Å². The highest BCUT2D eigenvalue weighted by Gasteiger charge is 2.26. The minimum absolute atomic E-state index is 0.0431. The average Bonchev–Trinajstić information content (AvgIpc) is 2.53. The highest BCUT2D eigenvalue weighted by atomic mass is 19.1. The van der Waals surface area contributed by atoms with Gasteiger partial charge in [-0.1, -0.05) is 32.0 Å². The molecule has 4 nitrogen and oxygen atoms in total. The molecule has 0 spiro atoms. The number of hydrogen-bond donors (Lipinski definition) is 1. The van der Waals surface area contributed by atoms with E-state index < -0.39 is 6.04 Å². The quantitative estimate of drug-likeness (QED) is 0.798. The monoisotopic (exact) mass is 322 g/mol. The maximum absolute atomic E-state index is 13.9. The molecule has 5 heteroatoms. The van der Waals surface area contributed by atoms with Crippen LogP contribution in [0.2, 0.25) is 0 Å². The third kappa shape index (κ3) is 5.66. The van der Waals surface area contributed by atoms with Gasteiger partial charge in [-0.15, -0.1) is 0 Å². The fraction of sp³-hybridized carbons (Fsp3) is 0.556. The molecular weight excluding hydrogens is 295 g/mol. The molecule has 0 aliphatic heterocycles. The molecule has 1 aromatic carbocycles. The lowest BCUT2D eigenvalue weighted by atomic mass is 10.1. The number of halogens is 1. The summed E-state index contributed by atoms with van der Waals surface area (Å²) in [5, 5.41) is 2.88. The summed E-state index contributed by atoms with van der Waals surface area (Å²) in [6.45, 7) is 7.59. The lowest BCUT2D eigenvalue weighted by molar-refractivity contribution is -0.140. The van der Waals surface area contributed by atoms with Gasteiger partial charge in [0, 0.05) is 24.6 Å². The number of rotatable bonds is 8. The van der Waals surface area contributed by atoms with Gasteiger partial charge in [-0.3, -0.25) is 9.59 Å². The number of carbonyl (C=O) groups is 2. The lowest BCUT2D eigenvalue weighted by Crippen LogP contribution is -2.49. The van der Waals surface area contributed by atoms with Gasteiger partial charge < -0.3 is 10.2 Å². The topological polar surface area (TPSA) is 49.4 Å². The second kappa shape index (κ2) is 9.28. The molecule has 1 aromatic rings. The SMILES string of the molecule is CCCC(=O)N(Cc1ccccc1F)[C@H](C)C(=O)N[C@@H](C)CC. The van der Waals surface area contributed by atoms with Crippen LogP contribution >= 0.6 is 0 Å². The van der Waals surface area contributed by atoms with Crippen LogP contribution in [-0.4, -0.2) is 28.8 Å². The Balaban J connectivity index is 2.94. The van der Waals surface area contributed by atoms with Crippen LogP contribution in [0.25, 0.3) is 0 Å². The van der Waals surface area contributed by atoms with E-state index in [0.717, 1.165) is 6.42 Å². The van der Waals surface area contributed by atoms with Gasteiger partial charge in [0.1, 0.15) is 11.9 Å². The zero-order chi connectivity index (χ0) is 17.4. The standard InChI is InChI=1S/C18H27FN2O2/c1-5-9-17(22)21(12-15-10-7-8-11-16(15)19)14(4)18(23)20-13(3)6-2/h7-8,10-11,13-14H,5-6,9,12H2,1-4H3,(H,20,23)/t13-,14+/m0/s1. The first-order chi connectivity index (χ1) is 10.9. The summed E-state index contributed by atoms with van der Waals surface area (Å²) in [6.07, 6.45) is 1.84. The molecule has 0 fully saturated rings. The van der Waals surface area contributed by atoms with E-state index in [-0.39, 0.29) is 30.2 Å². The number of amides is 2. The molecular formula is C18H27FN2O2. The lowest BCUT2D eigenvalue weighted by Gasteiger charge is -2.29. The van der Waals surface area contributed by atoms with Gasteiger partial charge in [0.05, 0.1) is 0 Å². The summed E-state index contributed by atoms with van der Waals surface area (Å²) in [7, 11) is 0. The average molecular weight is 322 g/mol. The van der Waals surface area contributed by atoms with E-state index in [1.54, 1.807) is 25.1 Å². The predicted molar refractivity (Wildman–Crippen MR) is 89.2 cm³/mol. The van der Waals surface area contributed by atoms with Gasteiger partial charge in [0.2, 0.25) is 11.8 Å². The van der Waals surface area contributed by atoms with Crippen molar-refractivity contribution in [2.24, 2.45) is 0 Å². The number of hydrogen-bond acceptors (Lipinski definition) is 2. The molecule has 0 radical (unpaired) electrons. The highest BCUT2D eigenvalue weighted by Crippen LogP contribution is 2.14. The van der Waals surface area contributed by atoms with Gasteiger partial charge in [0.25, 0.3) is 0 Å². The van der Waals surface area contributed by atoms with Crippen molar-refractivity contribution in [1.82, 2.24) is 10.2 Å². The Morgan fingerprint density at radius 3 is 2.43 bits per heavy atom. The second-order valence-electron chi connectivity index (χ2n) is 5.86. The van der Waals surface area contributed by atoms with Crippen molar-refractivity contribution in [1.29, 1.82) is 0 Å². The Kier molecular flexibility index (Phi) is 7.72. The van der Waals surface area contributed by atoms with Gasteiger partial charge in [0.15, 0.2) is 0 Å². The summed E-state index contributed by atoms with van der Waals surface area (Å²) in [5.41, 5.74) is 0.417. The summed E-state index contributed by atoms with van der Waals surface area (Å²) in [4.78, 5) is 26.2. The van der Waals surface area contributed by atoms with Crippen molar-refractivity contribution in [3.05, 3.63) is 35.6 Å². The van der Waals surface area contributed by atoms with Crippen molar-refractivity contribution in [2.45, 2.75) is 65.6 Å². The molecule has 0 aliphatic carbocycles. The molecule has 0 saturated heterocycles. The Morgan fingerprint density at radius 1 is 1.22 bits per heavy atom. The Bertz CT molecular complexity index is 534. The summed E-state index contributed by atoms with van der Waals surface area (Å²) < 4.78 is 13.9. The van der Waals surface area contributed by atoms with Gasteiger partial charge >= 0.3 is 0 Å². The smallest absolute Gasteiger partial charge is 0.242 e. The molecule has 0 heterocycles. The van der Waals surface area contributed by atoms with E-state index in [1.165, 1.54) is 11.0 Å². The van der Waals surface area contributed by atoms with Crippen LogP contribution in [0, 0.1) is 5.82 Å². The van der Waals surface area contributed by atoms with Gasteiger partial charge in [-0.25, -0.2) is 4.39 Å². The molecule has 0 aromatic heterocycles. The van der Waals surface area contributed by atoms with E-state index >= 15 is 0 Å². The first-order valence-corrected chi connectivity index (χ1v) is 8.23. The zero-order valence-corrected chi connectivity index (χ0v) is 14.4. The van der Waals surface area contributed by atoms with Crippen molar-refractivity contribution >= 4 is 11.8 Å². The van der Waals surface area contributed by atoms with Crippen molar-refractivity contribution < 1.29 is 14.0 Å². The zero-order valence-electron chi connectivity index (χ0n) is 14.4. The molecule has 2 atom stereocenters. The molecule has 23 heavy (non-hydrogen) atoms. The third-order valence-corrected chi connectivity index (χ3v) is 3.93. The van der Waals surface area contributed by atoms with E-state index in [9.17, 15) is 14.0 Å². The number of carbonyl (C=O) groups excluding carboxylic acids is 2. The van der Waals surface area contributed by atoms with Crippen molar-refractivity contribution in [3.63, 3.8) is 0 Å². The molecule has 1 N–H and O–H groups in total. The number of nitrogens with one attached hydrogen (secondary N) is 1. The van der Waals surface area contributed by atoms with E-state index in [0.29, 0.717) is 18.4 Å². The van der Waals surface area contributed by atoms with E-state index in [2.05, 4.69) is 5.32 Å². The Hall–Kier alpha value is -1.91. The molecule has 0 bridgehead atoms. The first-order valence-electron chi connectivity index (χ1n) is 8.23. The maximum Gasteiger partial charge on any atom is 0.242 e. The third-order valence-electron chi connectivity index (χ3n) is 3.93. The summed E-state index contributed by atoms with van der Waals surface area (Å²) in [6, 6.07) is 5.74. The summed E-state index contributed by atoms with van der Waals surface area (Å²) >= 11 is 0. The van der Waals surface area contributed by atoms with Crippen LogP contribution in [0.3, 0.4) is 0 Å². The molecule has 1 rings (SSSR count). The van der Waals surface area contributed by atoms with Crippen LogP contribution in [0.15, 0.2) is 24.3 Å². The number of nitrogens with zero attached hydrogens (tertiary/aromatic N) is 1. The molecule has 0 saturated carbocycles. The van der Waals surface area contributed by atoms with Crippen molar-refractivity contribution in [3.8, 4) is 0 Å². The minimum Gasteiger partial charge on any atom is -0.352 e. The van der Waals surface area contributed by atoms with E-state index in [1.807, 2.05) is 20.8 Å². The largest absolute Gasteiger partial charge is 0.352 e. The molecule has 0 aliphatic rings. The fourth-order valence-corrected chi connectivity index (χ4v) is 2.22. The molecule has 2 amide bonds. The van der Waals surface area contributed by atoms with Crippen LogP contribution in [-0.2, 0) is 16.1 Å². The maximum atomic E-state index is 13.9. The summed E-state index contributed by atoms with van der Waals surface area (Å²) in [5.74, 6) is -0.709. The van der Waals surface area contributed by atoms with E-state index in [4.69, 9.17) is 0 Å². The van der Waals surface area contributed by atoms with Crippen LogP contribution in [0.1, 0.15) is 52.5 Å². The van der Waals surface area contributed by atoms with Crippen LogP contribution in [0.4, 0.5) is 4.39 Å². The predicted octanol–water partition coefficient (Wildman–Crippen LogP) is 3.26. The minimum atomic E-state index is -0.636. The Morgan fingerprint density at radius 2 is 1.87 bits per heavy atom. The highest BCUT2D eigenvalue weighted by molar-refractivity contribution is 5.87. The van der Waals surface area contributed by atoms with Crippen LogP contribution < -0.4 is 5.32 Å². The fourth-order valence-electron chi connectivity index (χ4n) is 2.22. The normalized spacial score (nSPS) is 13.3. The molecule has 128 valence electrons. The van der Waals surface area contributed by atoms with Crippen LogP contribution in [0.5, 0.6) is 0 Å². The van der Waals surface area contributed by atoms with Gasteiger partial charge in [-0.2, -0.15) is 0 Å². The second-order valence-corrected chi connectivity index (χ2v) is 5.86. The van der Waals surface area contributed by atoms with Gasteiger partial charge in [-0.05, 0) is 32.8 Å². The number of benzene rings is 1. The first kappa shape index (κ1) is 19.1. The molecule has 0 unspecified atom stereocenters.